The van der Waals surface area contributed by atoms with E-state index in [1.165, 1.54) is 5.39 Å². The molecule has 0 N–H and O–H groups in total. The summed E-state index contributed by atoms with van der Waals surface area (Å²) in [6.07, 6.45) is 2.00. The molecule has 0 unspecified atom stereocenters. The lowest BCUT2D eigenvalue weighted by molar-refractivity contribution is 0.0756. The topological polar surface area (TPSA) is 20.3 Å². The van der Waals surface area contributed by atoms with Gasteiger partial charge in [-0.15, -0.1) is 0 Å². The SMILES string of the molecule is CCCN(CCC)C(=O)c1ccc2ccccc2c1. The Morgan fingerprint density at radius 3 is 2.21 bits per heavy atom. The number of benzene rings is 2. The van der Waals surface area contributed by atoms with E-state index in [1.54, 1.807) is 0 Å². The Balaban J connectivity index is 2.29. The van der Waals surface area contributed by atoms with Gasteiger partial charge in [0.1, 0.15) is 0 Å². The van der Waals surface area contributed by atoms with Gasteiger partial charge in [0.2, 0.25) is 0 Å². The van der Waals surface area contributed by atoms with Crippen LogP contribution in [0.4, 0.5) is 0 Å². The van der Waals surface area contributed by atoms with Crippen molar-refractivity contribution < 1.29 is 4.79 Å². The molecule has 0 aliphatic carbocycles. The Morgan fingerprint density at radius 2 is 1.58 bits per heavy atom. The van der Waals surface area contributed by atoms with Gasteiger partial charge in [-0.3, -0.25) is 4.79 Å². The number of carbonyl (C=O) groups is 1. The van der Waals surface area contributed by atoms with Crippen molar-refractivity contribution in [3.8, 4) is 0 Å². The van der Waals surface area contributed by atoms with Gasteiger partial charge in [-0.25, -0.2) is 0 Å². The summed E-state index contributed by atoms with van der Waals surface area (Å²) in [5, 5.41) is 2.30. The van der Waals surface area contributed by atoms with E-state index in [4.69, 9.17) is 0 Å². The van der Waals surface area contributed by atoms with Crippen molar-refractivity contribution in [2.24, 2.45) is 0 Å². The molecular formula is C17H21NO. The molecule has 0 aromatic heterocycles. The molecule has 0 spiro atoms. The highest BCUT2D eigenvalue weighted by Gasteiger charge is 2.14. The minimum absolute atomic E-state index is 0.148. The summed E-state index contributed by atoms with van der Waals surface area (Å²) in [7, 11) is 0. The van der Waals surface area contributed by atoms with Crippen LogP contribution >= 0.6 is 0 Å². The van der Waals surface area contributed by atoms with Crippen LogP contribution in [-0.4, -0.2) is 23.9 Å². The zero-order valence-corrected chi connectivity index (χ0v) is 11.7. The summed E-state index contributed by atoms with van der Waals surface area (Å²) in [5.41, 5.74) is 0.792. The number of rotatable bonds is 5. The second kappa shape index (κ2) is 6.37. The largest absolute Gasteiger partial charge is 0.339 e. The molecule has 0 bridgehead atoms. The van der Waals surface area contributed by atoms with Crippen molar-refractivity contribution in [2.75, 3.05) is 13.1 Å². The van der Waals surface area contributed by atoms with Crippen LogP contribution in [0.1, 0.15) is 37.0 Å². The highest BCUT2D eigenvalue weighted by atomic mass is 16.2. The summed E-state index contributed by atoms with van der Waals surface area (Å²) < 4.78 is 0. The van der Waals surface area contributed by atoms with Crippen LogP contribution in [-0.2, 0) is 0 Å². The minimum atomic E-state index is 0.148. The van der Waals surface area contributed by atoms with Crippen molar-refractivity contribution in [1.29, 1.82) is 0 Å². The van der Waals surface area contributed by atoms with Gasteiger partial charge < -0.3 is 4.90 Å². The van der Waals surface area contributed by atoms with Crippen LogP contribution in [0.2, 0.25) is 0 Å². The van der Waals surface area contributed by atoms with Crippen molar-refractivity contribution >= 4 is 16.7 Å². The molecule has 2 nitrogen and oxygen atoms in total. The first kappa shape index (κ1) is 13.6. The fourth-order valence-corrected chi connectivity index (χ4v) is 2.36. The van der Waals surface area contributed by atoms with Gasteiger partial charge in [-0.2, -0.15) is 0 Å². The molecule has 2 heteroatoms. The summed E-state index contributed by atoms with van der Waals surface area (Å²) in [6.45, 7) is 5.88. The van der Waals surface area contributed by atoms with E-state index in [1.807, 2.05) is 35.2 Å². The number of hydrogen-bond acceptors (Lipinski definition) is 1. The molecular weight excluding hydrogens is 234 g/mol. The maximum atomic E-state index is 12.5. The van der Waals surface area contributed by atoms with Crippen LogP contribution in [0.5, 0.6) is 0 Å². The van der Waals surface area contributed by atoms with E-state index in [0.29, 0.717) is 0 Å². The lowest BCUT2D eigenvalue weighted by atomic mass is 10.1. The fraction of sp³-hybridized carbons (Fsp3) is 0.353. The zero-order valence-electron chi connectivity index (χ0n) is 11.7. The molecule has 0 heterocycles. The summed E-state index contributed by atoms with van der Waals surface area (Å²) in [5.74, 6) is 0.148. The van der Waals surface area contributed by atoms with Crippen molar-refractivity contribution in [1.82, 2.24) is 4.90 Å². The van der Waals surface area contributed by atoms with Gasteiger partial charge in [0.15, 0.2) is 0 Å². The van der Waals surface area contributed by atoms with Gasteiger partial charge in [-0.05, 0) is 35.7 Å². The lowest BCUT2D eigenvalue weighted by Gasteiger charge is -2.21. The number of hydrogen-bond donors (Lipinski definition) is 0. The number of amides is 1. The third-order valence-electron chi connectivity index (χ3n) is 3.27. The van der Waals surface area contributed by atoms with Crippen LogP contribution in [0.15, 0.2) is 42.5 Å². The number of carbonyl (C=O) groups excluding carboxylic acids is 1. The Kier molecular flexibility index (Phi) is 4.56. The highest BCUT2D eigenvalue weighted by Crippen LogP contribution is 2.17. The van der Waals surface area contributed by atoms with E-state index in [-0.39, 0.29) is 5.91 Å². The predicted molar refractivity (Wildman–Crippen MR) is 80.4 cm³/mol. The third-order valence-corrected chi connectivity index (χ3v) is 3.27. The third kappa shape index (κ3) is 3.14. The molecule has 0 fully saturated rings. The van der Waals surface area contributed by atoms with Crippen molar-refractivity contribution in [3.05, 3.63) is 48.0 Å². The first-order chi connectivity index (χ1) is 9.26. The maximum absolute atomic E-state index is 12.5. The number of nitrogens with zero attached hydrogens (tertiary/aromatic N) is 1. The molecule has 1 amide bonds. The Bertz CT molecular complexity index is 556. The average molecular weight is 255 g/mol. The highest BCUT2D eigenvalue weighted by molar-refractivity contribution is 5.98. The molecule has 2 rings (SSSR count). The van der Waals surface area contributed by atoms with Crippen LogP contribution in [0.3, 0.4) is 0 Å². The van der Waals surface area contributed by atoms with Gasteiger partial charge >= 0.3 is 0 Å². The maximum Gasteiger partial charge on any atom is 0.253 e. The normalized spacial score (nSPS) is 10.6. The quantitative estimate of drug-likeness (QED) is 0.787. The van der Waals surface area contributed by atoms with Gasteiger partial charge in [0.25, 0.3) is 5.91 Å². The van der Waals surface area contributed by atoms with E-state index in [0.717, 1.165) is 36.9 Å². The first-order valence-corrected chi connectivity index (χ1v) is 7.04. The smallest absolute Gasteiger partial charge is 0.253 e. The molecule has 2 aromatic rings. The van der Waals surface area contributed by atoms with Crippen LogP contribution < -0.4 is 0 Å². The molecule has 0 saturated heterocycles. The standard InChI is InChI=1S/C17H21NO/c1-3-11-18(12-4-2)17(19)16-10-9-14-7-5-6-8-15(14)13-16/h5-10,13H,3-4,11-12H2,1-2H3. The molecule has 2 aromatic carbocycles. The summed E-state index contributed by atoms with van der Waals surface area (Å²) in [4.78, 5) is 14.4. The van der Waals surface area contributed by atoms with Gasteiger partial charge in [0.05, 0.1) is 0 Å². The van der Waals surface area contributed by atoms with Crippen molar-refractivity contribution in [3.63, 3.8) is 0 Å². The van der Waals surface area contributed by atoms with E-state index in [9.17, 15) is 4.79 Å². The molecule has 0 aliphatic rings. The molecule has 0 aliphatic heterocycles. The predicted octanol–water partition coefficient (Wildman–Crippen LogP) is 4.10. The molecule has 0 atom stereocenters. The second-order valence-corrected chi connectivity index (χ2v) is 4.85. The first-order valence-electron chi connectivity index (χ1n) is 7.04. The van der Waals surface area contributed by atoms with E-state index >= 15 is 0 Å². The van der Waals surface area contributed by atoms with Crippen LogP contribution in [0, 0.1) is 0 Å². The minimum Gasteiger partial charge on any atom is -0.339 e. The van der Waals surface area contributed by atoms with Gasteiger partial charge in [0, 0.05) is 18.7 Å². The van der Waals surface area contributed by atoms with E-state index in [2.05, 4.69) is 26.0 Å². The number of fused-ring (bicyclic) bond motifs is 1. The zero-order chi connectivity index (χ0) is 13.7. The monoisotopic (exact) mass is 255 g/mol. The molecule has 19 heavy (non-hydrogen) atoms. The second-order valence-electron chi connectivity index (χ2n) is 4.85. The van der Waals surface area contributed by atoms with Crippen LogP contribution in [0.25, 0.3) is 10.8 Å². The lowest BCUT2D eigenvalue weighted by Crippen LogP contribution is -2.32. The molecule has 100 valence electrons. The molecule has 0 saturated carbocycles. The Hall–Kier alpha value is -1.83. The summed E-state index contributed by atoms with van der Waals surface area (Å²) in [6, 6.07) is 14.1. The Morgan fingerprint density at radius 1 is 0.947 bits per heavy atom. The van der Waals surface area contributed by atoms with E-state index < -0.39 is 0 Å². The Labute approximate surface area is 115 Å². The van der Waals surface area contributed by atoms with Gasteiger partial charge in [-0.1, -0.05) is 44.2 Å². The summed E-state index contributed by atoms with van der Waals surface area (Å²) >= 11 is 0. The molecule has 0 radical (unpaired) electrons. The average Bonchev–Trinajstić information content (AvgIpc) is 2.46. The van der Waals surface area contributed by atoms with Crippen molar-refractivity contribution in [2.45, 2.75) is 26.7 Å². The fourth-order valence-electron chi connectivity index (χ4n) is 2.36.